The Kier molecular flexibility index (Phi) is 5.96. The zero-order valence-electron chi connectivity index (χ0n) is 16.1. The number of amides is 3. The quantitative estimate of drug-likeness (QED) is 0.788. The van der Waals surface area contributed by atoms with Gasteiger partial charge >= 0.3 is 6.03 Å². The van der Waals surface area contributed by atoms with Crippen LogP contribution in [0.2, 0.25) is 0 Å². The van der Waals surface area contributed by atoms with Crippen LogP contribution in [0.3, 0.4) is 0 Å². The summed E-state index contributed by atoms with van der Waals surface area (Å²) in [6.07, 6.45) is -2.46. The van der Waals surface area contributed by atoms with Gasteiger partial charge < -0.3 is 20.1 Å². The largest absolute Gasteiger partial charge is 0.350 e. The minimum absolute atomic E-state index is 0.0377. The van der Waals surface area contributed by atoms with Gasteiger partial charge in [-0.3, -0.25) is 4.79 Å². The van der Waals surface area contributed by atoms with Crippen LogP contribution >= 0.6 is 0 Å². The highest BCUT2D eigenvalue weighted by atomic mass is 19.3. The van der Waals surface area contributed by atoms with Crippen LogP contribution in [0.15, 0.2) is 22.7 Å². The number of hydrogen-bond acceptors (Lipinski definition) is 5. The first kappa shape index (κ1) is 21.2. The Morgan fingerprint density at radius 2 is 2.13 bits per heavy atom. The molecule has 1 aromatic carbocycles. The van der Waals surface area contributed by atoms with Gasteiger partial charge in [-0.2, -0.15) is 5.26 Å². The normalized spacial score (nSPS) is 16.6. The van der Waals surface area contributed by atoms with Crippen LogP contribution in [0.4, 0.5) is 23.7 Å². The summed E-state index contributed by atoms with van der Waals surface area (Å²) in [5, 5.41) is 17.5. The standard InChI is InChI=1S/C19H18F3N5O3/c1-9-5-15-13(16(30-26-15)18(28)24-10(2)17(21)22)8-27(9)19(29)25-12-3-4-14(20)11(6-12)7-23/h3-4,6,9-10,17H,5,8H2,1-2H3,(H,24,28)(H,25,29)/t9?,10-/m1/s1. The maximum Gasteiger partial charge on any atom is 0.322 e. The van der Waals surface area contributed by atoms with E-state index in [2.05, 4.69) is 15.8 Å². The molecule has 3 amide bonds. The molecule has 1 unspecified atom stereocenters. The summed E-state index contributed by atoms with van der Waals surface area (Å²) in [7, 11) is 0. The van der Waals surface area contributed by atoms with Crippen molar-refractivity contribution in [2.24, 2.45) is 0 Å². The number of halogens is 3. The molecule has 8 nitrogen and oxygen atoms in total. The van der Waals surface area contributed by atoms with Crippen LogP contribution in [0.1, 0.15) is 41.2 Å². The molecule has 0 saturated carbocycles. The lowest BCUT2D eigenvalue weighted by Gasteiger charge is -2.32. The Hall–Kier alpha value is -3.55. The van der Waals surface area contributed by atoms with Crippen LogP contribution in [0.25, 0.3) is 0 Å². The fourth-order valence-corrected chi connectivity index (χ4v) is 3.05. The zero-order valence-corrected chi connectivity index (χ0v) is 16.1. The summed E-state index contributed by atoms with van der Waals surface area (Å²) in [4.78, 5) is 26.4. The average molecular weight is 421 g/mol. The van der Waals surface area contributed by atoms with E-state index in [0.717, 1.165) is 13.0 Å². The maximum atomic E-state index is 13.5. The van der Waals surface area contributed by atoms with E-state index in [1.807, 2.05) is 0 Å². The van der Waals surface area contributed by atoms with Gasteiger partial charge in [0, 0.05) is 23.7 Å². The van der Waals surface area contributed by atoms with E-state index in [9.17, 15) is 22.8 Å². The van der Waals surface area contributed by atoms with Crippen molar-refractivity contribution in [2.45, 2.75) is 45.3 Å². The molecule has 1 aliphatic heterocycles. The number of carbonyl (C=O) groups excluding carboxylic acids is 2. The van der Waals surface area contributed by atoms with Gasteiger partial charge in [0.25, 0.3) is 12.3 Å². The fourth-order valence-electron chi connectivity index (χ4n) is 3.05. The van der Waals surface area contributed by atoms with Crippen LogP contribution in [0, 0.1) is 17.1 Å². The summed E-state index contributed by atoms with van der Waals surface area (Å²) < 4.78 is 43.9. The van der Waals surface area contributed by atoms with Gasteiger partial charge in [-0.15, -0.1) is 0 Å². The minimum Gasteiger partial charge on any atom is -0.350 e. The highest BCUT2D eigenvalue weighted by molar-refractivity contribution is 5.94. The number of aromatic nitrogens is 1. The van der Waals surface area contributed by atoms with Crippen molar-refractivity contribution in [2.75, 3.05) is 5.32 Å². The lowest BCUT2D eigenvalue weighted by Crippen LogP contribution is -2.45. The topological polar surface area (TPSA) is 111 Å². The Labute approximate surface area is 169 Å². The molecule has 0 aliphatic carbocycles. The summed E-state index contributed by atoms with van der Waals surface area (Å²) in [5.41, 5.74) is 0.812. The first-order valence-corrected chi connectivity index (χ1v) is 9.05. The second-order valence-electron chi connectivity index (χ2n) is 6.95. The number of carbonyl (C=O) groups is 2. The Morgan fingerprint density at radius 1 is 1.40 bits per heavy atom. The zero-order chi connectivity index (χ0) is 22.0. The minimum atomic E-state index is -2.75. The van der Waals surface area contributed by atoms with E-state index in [1.165, 1.54) is 17.0 Å². The number of alkyl halides is 2. The van der Waals surface area contributed by atoms with Crippen LogP contribution in [-0.4, -0.2) is 40.5 Å². The molecule has 1 aromatic heterocycles. The molecule has 0 saturated heterocycles. The van der Waals surface area contributed by atoms with E-state index in [1.54, 1.807) is 13.0 Å². The molecular weight excluding hydrogens is 403 g/mol. The number of nitrogens with one attached hydrogen (secondary N) is 2. The highest BCUT2D eigenvalue weighted by Crippen LogP contribution is 2.27. The van der Waals surface area contributed by atoms with Crippen molar-refractivity contribution in [1.29, 1.82) is 5.26 Å². The Morgan fingerprint density at radius 3 is 2.80 bits per heavy atom. The first-order chi connectivity index (χ1) is 14.2. The summed E-state index contributed by atoms with van der Waals surface area (Å²) >= 11 is 0. The molecule has 158 valence electrons. The number of fused-ring (bicyclic) bond motifs is 1. The molecule has 11 heteroatoms. The second-order valence-corrected chi connectivity index (χ2v) is 6.95. The molecule has 3 rings (SSSR count). The van der Waals surface area contributed by atoms with Crippen molar-refractivity contribution in [1.82, 2.24) is 15.4 Å². The van der Waals surface area contributed by atoms with Crippen molar-refractivity contribution in [3.63, 3.8) is 0 Å². The van der Waals surface area contributed by atoms with Gasteiger partial charge in [0.15, 0.2) is 0 Å². The van der Waals surface area contributed by atoms with Crippen LogP contribution in [0.5, 0.6) is 0 Å². The van der Waals surface area contributed by atoms with E-state index in [4.69, 9.17) is 9.78 Å². The number of rotatable bonds is 4. The molecule has 2 N–H and O–H groups in total. The molecule has 30 heavy (non-hydrogen) atoms. The Balaban J connectivity index is 1.77. The summed E-state index contributed by atoms with van der Waals surface area (Å²) in [5.74, 6) is -1.77. The number of nitrogens with zero attached hydrogens (tertiary/aromatic N) is 3. The van der Waals surface area contributed by atoms with Gasteiger partial charge in [-0.25, -0.2) is 18.0 Å². The number of nitriles is 1. The van der Waals surface area contributed by atoms with E-state index in [-0.39, 0.29) is 36.0 Å². The first-order valence-electron chi connectivity index (χ1n) is 9.05. The highest BCUT2D eigenvalue weighted by Gasteiger charge is 2.34. The summed E-state index contributed by atoms with van der Waals surface area (Å²) in [6.45, 7) is 2.89. The van der Waals surface area contributed by atoms with E-state index >= 15 is 0 Å². The fraction of sp³-hybridized carbons (Fsp3) is 0.368. The predicted octanol–water partition coefficient (Wildman–Crippen LogP) is 3.05. The third-order valence-corrected chi connectivity index (χ3v) is 4.76. The van der Waals surface area contributed by atoms with Gasteiger partial charge in [-0.05, 0) is 32.0 Å². The molecule has 0 fully saturated rings. The molecule has 0 spiro atoms. The van der Waals surface area contributed by atoms with Crippen molar-refractivity contribution in [3.8, 4) is 6.07 Å². The second kappa shape index (κ2) is 8.44. The molecule has 2 heterocycles. The average Bonchev–Trinajstić information content (AvgIpc) is 3.11. The van der Waals surface area contributed by atoms with Crippen LogP contribution < -0.4 is 10.6 Å². The van der Waals surface area contributed by atoms with E-state index in [0.29, 0.717) is 11.3 Å². The molecule has 2 aromatic rings. The molecule has 0 radical (unpaired) electrons. The van der Waals surface area contributed by atoms with Gasteiger partial charge in [0.2, 0.25) is 5.76 Å². The Bertz CT molecular complexity index is 1020. The predicted molar refractivity (Wildman–Crippen MR) is 98.3 cm³/mol. The number of anilines is 1. The molecule has 0 bridgehead atoms. The van der Waals surface area contributed by atoms with Gasteiger partial charge in [-0.1, -0.05) is 5.16 Å². The number of hydrogen-bond donors (Lipinski definition) is 2. The van der Waals surface area contributed by atoms with Crippen molar-refractivity contribution >= 4 is 17.6 Å². The summed E-state index contributed by atoms with van der Waals surface area (Å²) in [6, 6.07) is 3.05. The van der Waals surface area contributed by atoms with Crippen molar-refractivity contribution < 1.29 is 27.3 Å². The van der Waals surface area contributed by atoms with Gasteiger partial charge in [0.1, 0.15) is 11.9 Å². The SMILES string of the molecule is CC1Cc2noc(C(=O)N[C@H](C)C(F)F)c2CN1C(=O)Nc1ccc(F)c(C#N)c1. The number of urea groups is 1. The smallest absolute Gasteiger partial charge is 0.322 e. The lowest BCUT2D eigenvalue weighted by molar-refractivity contribution is 0.0748. The third kappa shape index (κ3) is 4.22. The van der Waals surface area contributed by atoms with E-state index < -0.39 is 30.2 Å². The van der Waals surface area contributed by atoms with Crippen LogP contribution in [-0.2, 0) is 13.0 Å². The maximum absolute atomic E-state index is 13.5. The lowest BCUT2D eigenvalue weighted by atomic mass is 10.00. The molecule has 1 aliphatic rings. The molecule has 2 atom stereocenters. The monoisotopic (exact) mass is 421 g/mol. The van der Waals surface area contributed by atoms with Gasteiger partial charge in [0.05, 0.1) is 23.8 Å². The third-order valence-electron chi connectivity index (χ3n) is 4.76. The molecular formula is C19H18F3N5O3. The van der Waals surface area contributed by atoms with Crippen molar-refractivity contribution in [3.05, 3.63) is 46.6 Å². The number of benzene rings is 1.